The van der Waals surface area contributed by atoms with Gasteiger partial charge < -0.3 is 9.12 Å². The fourth-order valence-corrected chi connectivity index (χ4v) is 1.21. The zero-order valence-electron chi connectivity index (χ0n) is 7.10. The molecule has 1 heterocycles. The first-order valence-corrected chi connectivity index (χ1v) is 4.90. The molecule has 1 rings (SSSR count). The summed E-state index contributed by atoms with van der Waals surface area (Å²) in [5.74, 6) is 0. The van der Waals surface area contributed by atoms with E-state index in [4.69, 9.17) is 4.55 Å². The Morgan fingerprint density at radius 3 is 2.92 bits per heavy atom. The second kappa shape index (κ2) is 3.82. The second-order valence-electron chi connectivity index (χ2n) is 2.67. The van der Waals surface area contributed by atoms with Gasteiger partial charge in [0.15, 0.2) is 5.03 Å². The van der Waals surface area contributed by atoms with Gasteiger partial charge in [0.25, 0.3) is 0 Å². The van der Waals surface area contributed by atoms with Crippen LogP contribution in [0.25, 0.3) is 0 Å². The number of nitrogens with zero attached hydrogens (tertiary/aromatic N) is 2. The Hall–Kier alpha value is -0.680. The lowest BCUT2D eigenvalue weighted by Gasteiger charge is -2.08. The van der Waals surface area contributed by atoms with Crippen LogP contribution in [-0.2, 0) is 11.1 Å². The predicted octanol–water partition coefficient (Wildman–Crippen LogP) is 1.43. The summed E-state index contributed by atoms with van der Waals surface area (Å²) < 4.78 is 21.1. The Labute approximate surface area is 73.9 Å². The minimum absolute atomic E-state index is 0.218. The lowest BCUT2D eigenvalue weighted by molar-refractivity contribution is 0.528. The summed E-state index contributed by atoms with van der Waals surface area (Å²) in [4.78, 5) is 3.80. The van der Waals surface area contributed by atoms with Gasteiger partial charge in [0.05, 0.1) is 6.33 Å². The van der Waals surface area contributed by atoms with Crippen molar-refractivity contribution in [2.24, 2.45) is 0 Å². The summed E-state index contributed by atoms with van der Waals surface area (Å²) in [6, 6.07) is 0.329. The first-order chi connectivity index (χ1) is 5.65. The van der Waals surface area contributed by atoms with Gasteiger partial charge in [0.1, 0.15) is 0 Å². The third kappa shape index (κ3) is 1.92. The van der Waals surface area contributed by atoms with Crippen molar-refractivity contribution in [2.75, 3.05) is 0 Å². The molecule has 0 amide bonds. The summed E-state index contributed by atoms with van der Waals surface area (Å²) in [6.07, 6.45) is 4.16. The average Bonchev–Trinajstić information content (AvgIpc) is 2.51. The molecule has 12 heavy (non-hydrogen) atoms. The maximum absolute atomic E-state index is 10.6. The highest BCUT2D eigenvalue weighted by Crippen LogP contribution is 2.11. The highest BCUT2D eigenvalue weighted by Gasteiger charge is 2.06. The molecular weight excluding hydrogens is 176 g/mol. The second-order valence-corrected chi connectivity index (χ2v) is 3.58. The van der Waals surface area contributed by atoms with Gasteiger partial charge in [-0.25, -0.2) is 9.19 Å². The van der Waals surface area contributed by atoms with E-state index in [1.807, 2.05) is 11.5 Å². The summed E-state index contributed by atoms with van der Waals surface area (Å²) in [7, 11) is 0. The molecule has 0 aliphatic rings. The van der Waals surface area contributed by atoms with E-state index >= 15 is 0 Å². The zero-order valence-corrected chi connectivity index (χ0v) is 7.91. The summed E-state index contributed by atoms with van der Waals surface area (Å²) in [6.45, 7) is 4.09. The van der Waals surface area contributed by atoms with Crippen LogP contribution < -0.4 is 0 Å². The van der Waals surface area contributed by atoms with Gasteiger partial charge in [0, 0.05) is 12.2 Å². The molecule has 2 unspecified atom stereocenters. The monoisotopic (exact) mass is 188 g/mol. The van der Waals surface area contributed by atoms with E-state index in [1.165, 1.54) is 0 Å². The molecule has 1 aromatic rings. The van der Waals surface area contributed by atoms with Gasteiger partial charge in [-0.05, 0) is 13.3 Å². The van der Waals surface area contributed by atoms with Gasteiger partial charge >= 0.3 is 0 Å². The standard InChI is InChI=1S/C7H12N2O2S/c1-3-6(2)9-4-7(8-5-9)12(10)11/h4-6H,3H2,1-2H3,(H,10,11). The number of imidazole rings is 1. The van der Waals surface area contributed by atoms with Crippen molar-refractivity contribution in [2.45, 2.75) is 31.3 Å². The number of aromatic nitrogens is 2. The summed E-state index contributed by atoms with van der Waals surface area (Å²) in [5.41, 5.74) is 0. The van der Waals surface area contributed by atoms with E-state index in [0.29, 0.717) is 6.04 Å². The molecule has 4 nitrogen and oxygen atoms in total. The van der Waals surface area contributed by atoms with E-state index in [0.717, 1.165) is 6.42 Å². The third-order valence-corrected chi connectivity index (χ3v) is 2.43. The van der Waals surface area contributed by atoms with Crippen LogP contribution in [0, 0.1) is 0 Å². The van der Waals surface area contributed by atoms with Crippen molar-refractivity contribution in [3.63, 3.8) is 0 Å². The fraction of sp³-hybridized carbons (Fsp3) is 0.571. The molecule has 2 atom stereocenters. The molecule has 5 heteroatoms. The summed E-state index contributed by atoms with van der Waals surface area (Å²) >= 11 is -1.96. The van der Waals surface area contributed by atoms with Crippen LogP contribution in [0.1, 0.15) is 26.3 Å². The van der Waals surface area contributed by atoms with Gasteiger partial charge in [0.2, 0.25) is 11.1 Å². The van der Waals surface area contributed by atoms with E-state index in [1.54, 1.807) is 12.5 Å². The number of rotatable bonds is 3. The number of hydrogen-bond donors (Lipinski definition) is 1. The lowest BCUT2D eigenvalue weighted by Crippen LogP contribution is -2.00. The Balaban J connectivity index is 2.84. The van der Waals surface area contributed by atoms with Crippen LogP contribution in [0.15, 0.2) is 17.6 Å². The summed E-state index contributed by atoms with van der Waals surface area (Å²) in [5, 5.41) is 0.218. The van der Waals surface area contributed by atoms with Crippen molar-refractivity contribution in [1.29, 1.82) is 0 Å². The SMILES string of the molecule is CCC(C)n1cnc(S(=O)O)c1. The highest BCUT2D eigenvalue weighted by atomic mass is 32.2. The van der Waals surface area contributed by atoms with E-state index in [9.17, 15) is 4.21 Å². The lowest BCUT2D eigenvalue weighted by atomic mass is 10.3. The quantitative estimate of drug-likeness (QED) is 0.730. The minimum Gasteiger partial charge on any atom is -0.333 e. The van der Waals surface area contributed by atoms with Crippen LogP contribution in [-0.4, -0.2) is 18.3 Å². The third-order valence-electron chi connectivity index (χ3n) is 1.86. The fourth-order valence-electron chi connectivity index (χ4n) is 0.860. The van der Waals surface area contributed by atoms with E-state index < -0.39 is 11.1 Å². The Morgan fingerprint density at radius 2 is 2.50 bits per heavy atom. The molecule has 0 radical (unpaired) electrons. The average molecular weight is 188 g/mol. The van der Waals surface area contributed by atoms with Crippen molar-refractivity contribution in [1.82, 2.24) is 9.55 Å². The molecule has 0 saturated carbocycles. The maximum Gasteiger partial charge on any atom is 0.207 e. The van der Waals surface area contributed by atoms with E-state index in [-0.39, 0.29) is 5.03 Å². The van der Waals surface area contributed by atoms with Gasteiger partial charge in [-0.3, -0.25) is 0 Å². The van der Waals surface area contributed by atoms with Gasteiger partial charge in [-0.15, -0.1) is 0 Å². The predicted molar refractivity (Wildman–Crippen MR) is 46.3 cm³/mol. The van der Waals surface area contributed by atoms with E-state index in [2.05, 4.69) is 11.9 Å². The molecule has 68 valence electrons. The molecule has 0 bridgehead atoms. The molecule has 1 N–H and O–H groups in total. The van der Waals surface area contributed by atoms with Gasteiger partial charge in [-0.2, -0.15) is 0 Å². The van der Waals surface area contributed by atoms with Crippen LogP contribution in [0.2, 0.25) is 0 Å². The van der Waals surface area contributed by atoms with Crippen LogP contribution in [0.3, 0.4) is 0 Å². The van der Waals surface area contributed by atoms with Crippen molar-refractivity contribution >= 4 is 11.1 Å². The normalized spacial score (nSPS) is 15.9. The molecule has 0 spiro atoms. The van der Waals surface area contributed by atoms with Crippen LogP contribution >= 0.6 is 0 Å². The van der Waals surface area contributed by atoms with Crippen molar-refractivity contribution < 1.29 is 8.76 Å². The Kier molecular flexibility index (Phi) is 2.99. The first kappa shape index (κ1) is 9.41. The molecule has 0 aromatic carbocycles. The zero-order chi connectivity index (χ0) is 9.14. The largest absolute Gasteiger partial charge is 0.333 e. The minimum atomic E-state index is -1.96. The van der Waals surface area contributed by atoms with Crippen molar-refractivity contribution in [3.8, 4) is 0 Å². The first-order valence-electron chi connectivity index (χ1n) is 3.79. The molecule has 1 aromatic heterocycles. The number of hydrogen-bond acceptors (Lipinski definition) is 2. The molecular formula is C7H12N2O2S. The Morgan fingerprint density at radius 1 is 1.83 bits per heavy atom. The topological polar surface area (TPSA) is 55.1 Å². The maximum atomic E-state index is 10.6. The molecule has 0 aliphatic heterocycles. The van der Waals surface area contributed by atoms with Gasteiger partial charge in [-0.1, -0.05) is 6.92 Å². The Bertz CT molecular complexity index is 285. The van der Waals surface area contributed by atoms with Crippen LogP contribution in [0.4, 0.5) is 0 Å². The van der Waals surface area contributed by atoms with Crippen LogP contribution in [0.5, 0.6) is 0 Å². The molecule has 0 aliphatic carbocycles. The molecule has 0 saturated heterocycles. The highest BCUT2D eigenvalue weighted by molar-refractivity contribution is 7.79. The van der Waals surface area contributed by atoms with Crippen molar-refractivity contribution in [3.05, 3.63) is 12.5 Å². The smallest absolute Gasteiger partial charge is 0.207 e. The molecule has 0 fully saturated rings.